The lowest BCUT2D eigenvalue weighted by Crippen LogP contribution is -2.07. The van der Waals surface area contributed by atoms with E-state index in [9.17, 15) is 4.79 Å². The standard InChI is InChI=1S/C8H13N3O2/c1-3-6(4-2)11-5-7(8(12)13)9-10-11/h5-6H,3-4H2,1-2H3,(H,12,13). The van der Waals surface area contributed by atoms with Crippen LogP contribution in [0.3, 0.4) is 0 Å². The zero-order valence-corrected chi connectivity index (χ0v) is 7.77. The summed E-state index contributed by atoms with van der Waals surface area (Å²) in [6.45, 7) is 4.08. The molecular weight excluding hydrogens is 170 g/mol. The molecule has 0 saturated carbocycles. The molecule has 0 spiro atoms. The van der Waals surface area contributed by atoms with Gasteiger partial charge in [-0.3, -0.25) is 0 Å². The molecule has 1 aromatic heterocycles. The molecule has 5 nitrogen and oxygen atoms in total. The molecule has 0 aromatic carbocycles. The van der Waals surface area contributed by atoms with Crippen molar-refractivity contribution in [1.82, 2.24) is 15.0 Å². The average Bonchev–Trinajstić information content (AvgIpc) is 2.56. The van der Waals surface area contributed by atoms with Gasteiger partial charge < -0.3 is 5.11 Å². The second-order valence-corrected chi connectivity index (χ2v) is 2.86. The van der Waals surface area contributed by atoms with Gasteiger partial charge in [-0.05, 0) is 12.8 Å². The van der Waals surface area contributed by atoms with Gasteiger partial charge in [-0.25, -0.2) is 9.48 Å². The minimum atomic E-state index is -1.03. The fourth-order valence-corrected chi connectivity index (χ4v) is 1.22. The zero-order valence-electron chi connectivity index (χ0n) is 7.77. The topological polar surface area (TPSA) is 68.0 Å². The van der Waals surface area contributed by atoms with Crippen molar-refractivity contribution in [3.63, 3.8) is 0 Å². The molecular formula is C8H13N3O2. The van der Waals surface area contributed by atoms with Crippen LogP contribution in [-0.4, -0.2) is 26.1 Å². The molecule has 0 amide bonds. The van der Waals surface area contributed by atoms with Crippen LogP contribution >= 0.6 is 0 Å². The van der Waals surface area contributed by atoms with Crippen LogP contribution < -0.4 is 0 Å². The third-order valence-electron chi connectivity index (χ3n) is 2.05. The molecule has 13 heavy (non-hydrogen) atoms. The van der Waals surface area contributed by atoms with Crippen LogP contribution in [0.15, 0.2) is 6.20 Å². The summed E-state index contributed by atoms with van der Waals surface area (Å²) in [6, 6.07) is 0.251. The second-order valence-electron chi connectivity index (χ2n) is 2.86. The second kappa shape index (κ2) is 4.02. The number of hydrogen-bond acceptors (Lipinski definition) is 3. The summed E-state index contributed by atoms with van der Waals surface area (Å²) >= 11 is 0. The Balaban J connectivity index is 2.84. The maximum Gasteiger partial charge on any atom is 0.358 e. The molecule has 0 saturated heterocycles. The Bertz CT molecular complexity index is 291. The van der Waals surface area contributed by atoms with Crippen molar-refractivity contribution in [2.24, 2.45) is 0 Å². The van der Waals surface area contributed by atoms with E-state index in [4.69, 9.17) is 5.11 Å². The largest absolute Gasteiger partial charge is 0.476 e. The van der Waals surface area contributed by atoms with Crippen LogP contribution in [0.25, 0.3) is 0 Å². The van der Waals surface area contributed by atoms with Crippen LogP contribution in [0, 0.1) is 0 Å². The monoisotopic (exact) mass is 183 g/mol. The van der Waals surface area contributed by atoms with Gasteiger partial charge >= 0.3 is 5.97 Å². The minimum Gasteiger partial charge on any atom is -0.476 e. The van der Waals surface area contributed by atoms with Crippen molar-refractivity contribution in [3.05, 3.63) is 11.9 Å². The third-order valence-corrected chi connectivity index (χ3v) is 2.05. The molecule has 0 aliphatic heterocycles. The van der Waals surface area contributed by atoms with E-state index in [1.54, 1.807) is 4.68 Å². The molecule has 0 unspecified atom stereocenters. The van der Waals surface area contributed by atoms with E-state index in [1.165, 1.54) is 6.20 Å². The molecule has 0 bridgehead atoms. The first-order valence-electron chi connectivity index (χ1n) is 4.34. The lowest BCUT2D eigenvalue weighted by atomic mass is 10.2. The van der Waals surface area contributed by atoms with Gasteiger partial charge in [-0.15, -0.1) is 5.10 Å². The van der Waals surface area contributed by atoms with Crippen LogP contribution in [0.2, 0.25) is 0 Å². The van der Waals surface area contributed by atoms with E-state index >= 15 is 0 Å². The molecule has 0 atom stereocenters. The molecule has 1 aromatic rings. The SMILES string of the molecule is CCC(CC)n1cc(C(=O)O)nn1. The Morgan fingerprint density at radius 2 is 2.23 bits per heavy atom. The van der Waals surface area contributed by atoms with Crippen LogP contribution in [-0.2, 0) is 0 Å². The van der Waals surface area contributed by atoms with Gasteiger partial charge in [0.05, 0.1) is 12.2 Å². The first kappa shape index (κ1) is 9.70. The highest BCUT2D eigenvalue weighted by atomic mass is 16.4. The summed E-state index contributed by atoms with van der Waals surface area (Å²) in [7, 11) is 0. The maximum absolute atomic E-state index is 10.5. The molecule has 0 aliphatic rings. The maximum atomic E-state index is 10.5. The normalized spacial score (nSPS) is 10.7. The highest BCUT2D eigenvalue weighted by Gasteiger charge is 2.12. The van der Waals surface area contributed by atoms with Gasteiger partial charge in [0.15, 0.2) is 5.69 Å². The molecule has 0 radical (unpaired) electrons. The number of hydrogen-bond donors (Lipinski definition) is 1. The smallest absolute Gasteiger partial charge is 0.358 e. The van der Waals surface area contributed by atoms with Crippen molar-refractivity contribution < 1.29 is 9.90 Å². The Kier molecular flexibility index (Phi) is 3.00. The van der Waals surface area contributed by atoms with Crippen molar-refractivity contribution in [1.29, 1.82) is 0 Å². The predicted octanol–water partition coefficient (Wildman–Crippen LogP) is 1.34. The molecule has 0 fully saturated rings. The Morgan fingerprint density at radius 3 is 2.62 bits per heavy atom. The number of carbonyl (C=O) groups is 1. The first-order valence-corrected chi connectivity index (χ1v) is 4.34. The average molecular weight is 183 g/mol. The van der Waals surface area contributed by atoms with Crippen LogP contribution in [0.1, 0.15) is 43.2 Å². The van der Waals surface area contributed by atoms with Gasteiger partial charge in [0.25, 0.3) is 0 Å². The molecule has 1 rings (SSSR count). The number of aromatic nitrogens is 3. The summed E-state index contributed by atoms with van der Waals surface area (Å²) in [6.07, 6.45) is 3.33. The quantitative estimate of drug-likeness (QED) is 0.764. The first-order chi connectivity index (χ1) is 6.19. The summed E-state index contributed by atoms with van der Waals surface area (Å²) < 4.78 is 1.61. The lowest BCUT2D eigenvalue weighted by Gasteiger charge is -2.10. The third kappa shape index (κ3) is 2.05. The van der Waals surface area contributed by atoms with Crippen molar-refractivity contribution in [2.45, 2.75) is 32.7 Å². The van der Waals surface area contributed by atoms with E-state index in [0.717, 1.165) is 12.8 Å². The number of carboxylic acid groups (broad SMARTS) is 1. The zero-order chi connectivity index (χ0) is 9.84. The number of carboxylic acids is 1. The summed E-state index contributed by atoms with van der Waals surface area (Å²) in [5, 5.41) is 15.9. The number of rotatable bonds is 4. The van der Waals surface area contributed by atoms with E-state index in [0.29, 0.717) is 0 Å². The van der Waals surface area contributed by atoms with E-state index < -0.39 is 5.97 Å². The molecule has 0 aliphatic carbocycles. The van der Waals surface area contributed by atoms with Crippen LogP contribution in [0.5, 0.6) is 0 Å². The van der Waals surface area contributed by atoms with Gasteiger partial charge in [0.2, 0.25) is 0 Å². The van der Waals surface area contributed by atoms with Gasteiger partial charge in [-0.1, -0.05) is 19.1 Å². The summed E-state index contributed by atoms with van der Waals surface area (Å²) in [4.78, 5) is 10.5. The Labute approximate surface area is 76.4 Å². The highest BCUT2D eigenvalue weighted by Crippen LogP contribution is 2.13. The van der Waals surface area contributed by atoms with Crippen molar-refractivity contribution in [2.75, 3.05) is 0 Å². The van der Waals surface area contributed by atoms with Crippen molar-refractivity contribution in [3.8, 4) is 0 Å². The van der Waals surface area contributed by atoms with Crippen LogP contribution in [0.4, 0.5) is 0 Å². The van der Waals surface area contributed by atoms with Gasteiger partial charge in [0.1, 0.15) is 0 Å². The fraction of sp³-hybridized carbons (Fsp3) is 0.625. The Morgan fingerprint density at radius 1 is 1.62 bits per heavy atom. The molecule has 72 valence electrons. The molecule has 1 N–H and O–H groups in total. The number of nitrogens with zero attached hydrogens (tertiary/aromatic N) is 3. The van der Waals surface area contributed by atoms with E-state index in [-0.39, 0.29) is 11.7 Å². The summed E-state index contributed by atoms with van der Waals surface area (Å²) in [5.74, 6) is -1.03. The molecule has 1 heterocycles. The minimum absolute atomic E-state index is 0.00639. The summed E-state index contributed by atoms with van der Waals surface area (Å²) in [5.41, 5.74) is 0.00639. The van der Waals surface area contributed by atoms with E-state index in [2.05, 4.69) is 10.3 Å². The Hall–Kier alpha value is -1.39. The predicted molar refractivity (Wildman–Crippen MR) is 46.6 cm³/mol. The van der Waals surface area contributed by atoms with Gasteiger partial charge in [0, 0.05) is 0 Å². The molecule has 5 heteroatoms. The number of aromatic carboxylic acids is 1. The van der Waals surface area contributed by atoms with Crippen molar-refractivity contribution >= 4 is 5.97 Å². The lowest BCUT2D eigenvalue weighted by molar-refractivity contribution is 0.0690. The van der Waals surface area contributed by atoms with E-state index in [1.807, 2.05) is 13.8 Å². The van der Waals surface area contributed by atoms with Gasteiger partial charge in [-0.2, -0.15) is 0 Å². The fourth-order valence-electron chi connectivity index (χ4n) is 1.22. The highest BCUT2D eigenvalue weighted by molar-refractivity contribution is 5.84.